The molecule has 0 fully saturated rings. The number of nitrogen functional groups attached to an aromatic ring is 1. The lowest BCUT2D eigenvalue weighted by molar-refractivity contribution is 0.0939. The van der Waals surface area contributed by atoms with Crippen LogP contribution in [0.5, 0.6) is 0 Å². The number of carbonyl (C=O) groups is 1. The smallest absolute Gasteiger partial charge is 0.267 e. The number of hydrogen-bond donors (Lipinski definition) is 2. The van der Waals surface area contributed by atoms with Crippen LogP contribution in [0.15, 0.2) is 83.2 Å². The van der Waals surface area contributed by atoms with Crippen molar-refractivity contribution in [2.75, 3.05) is 5.73 Å². The van der Waals surface area contributed by atoms with E-state index in [1.54, 1.807) is 61.2 Å². The Balaban J connectivity index is 1.63. The van der Waals surface area contributed by atoms with Gasteiger partial charge in [0.25, 0.3) is 11.5 Å². The number of nitrogens with zero attached hydrogens (tertiary/aromatic N) is 7. The van der Waals surface area contributed by atoms with Crippen LogP contribution < -0.4 is 16.6 Å². The molecule has 0 saturated carbocycles. The van der Waals surface area contributed by atoms with E-state index in [1.165, 1.54) is 21.5 Å². The summed E-state index contributed by atoms with van der Waals surface area (Å²) >= 11 is 0. The molecule has 0 aliphatic heterocycles. The van der Waals surface area contributed by atoms with Gasteiger partial charge in [0.15, 0.2) is 11.6 Å². The van der Waals surface area contributed by atoms with Crippen molar-refractivity contribution in [3.63, 3.8) is 0 Å². The summed E-state index contributed by atoms with van der Waals surface area (Å²) in [6.45, 7) is 5.36. The number of benzene rings is 2. The first-order chi connectivity index (χ1) is 19.8. The summed E-state index contributed by atoms with van der Waals surface area (Å²) in [7, 11) is 3.45. The number of para-hydroxylation sites is 1. The molecule has 0 saturated heterocycles. The van der Waals surface area contributed by atoms with Crippen LogP contribution in [-0.4, -0.2) is 41.2 Å². The molecule has 2 aromatic carbocycles. The molecule has 11 nitrogen and oxygen atoms in total. The normalized spacial score (nSPS) is 11.8. The molecular formula is C30H27N9O2. The Morgan fingerprint density at radius 2 is 1.88 bits per heavy atom. The standard InChI is InChI=1S/C30H27N9O2/c1-5-17-32-28-25(26(31)36-38(28)4)29(40)33-19(2)27-34-23-13-9-10-20(14-15-21-16-18-37(3)35-21)24(23)30(41)39(27)22-11-7-6-8-12-22/h5-13,16-19H,1H2,2-4H3,(H2,31,36)(H,33,40)/b32-17-. The molecule has 11 heteroatoms. The predicted molar refractivity (Wildman–Crippen MR) is 158 cm³/mol. The topological polar surface area (TPSA) is 138 Å². The third kappa shape index (κ3) is 5.26. The van der Waals surface area contributed by atoms with Crippen LogP contribution in [0.2, 0.25) is 0 Å². The number of carbonyl (C=O) groups excluding carboxylic acids is 1. The zero-order valence-electron chi connectivity index (χ0n) is 22.7. The lowest BCUT2D eigenvalue weighted by atomic mass is 10.1. The minimum absolute atomic E-state index is 0.0245. The second kappa shape index (κ2) is 11.2. The van der Waals surface area contributed by atoms with Crippen molar-refractivity contribution in [3.05, 3.63) is 106 Å². The van der Waals surface area contributed by atoms with E-state index in [9.17, 15) is 9.59 Å². The van der Waals surface area contributed by atoms with Crippen LogP contribution in [-0.2, 0) is 14.1 Å². The van der Waals surface area contributed by atoms with Crippen LogP contribution in [0.1, 0.15) is 40.4 Å². The van der Waals surface area contributed by atoms with Crippen molar-refractivity contribution < 1.29 is 4.79 Å². The van der Waals surface area contributed by atoms with Crippen molar-refractivity contribution in [3.8, 4) is 17.5 Å². The van der Waals surface area contributed by atoms with E-state index in [0.29, 0.717) is 33.7 Å². The van der Waals surface area contributed by atoms with Crippen LogP contribution in [0.4, 0.5) is 11.6 Å². The first kappa shape index (κ1) is 26.8. The molecule has 0 radical (unpaired) electrons. The molecule has 1 amide bonds. The first-order valence-corrected chi connectivity index (χ1v) is 12.7. The molecule has 3 aromatic heterocycles. The predicted octanol–water partition coefficient (Wildman–Crippen LogP) is 3.21. The highest BCUT2D eigenvalue weighted by Crippen LogP contribution is 2.26. The average Bonchev–Trinajstić information content (AvgIpc) is 3.51. The van der Waals surface area contributed by atoms with Crippen molar-refractivity contribution in [2.45, 2.75) is 13.0 Å². The third-order valence-corrected chi connectivity index (χ3v) is 6.28. The van der Waals surface area contributed by atoms with E-state index in [1.807, 2.05) is 25.2 Å². The van der Waals surface area contributed by atoms with Crippen LogP contribution in [0.3, 0.4) is 0 Å². The molecule has 41 heavy (non-hydrogen) atoms. The zero-order chi connectivity index (χ0) is 29.1. The van der Waals surface area contributed by atoms with Crippen molar-refractivity contribution in [1.29, 1.82) is 0 Å². The average molecular weight is 546 g/mol. The van der Waals surface area contributed by atoms with Crippen LogP contribution >= 0.6 is 0 Å². The van der Waals surface area contributed by atoms with Gasteiger partial charge in [-0.3, -0.25) is 18.8 Å². The summed E-state index contributed by atoms with van der Waals surface area (Å²) in [6, 6.07) is 15.5. The number of nitrogens with one attached hydrogen (secondary N) is 1. The van der Waals surface area contributed by atoms with Crippen molar-refractivity contribution in [1.82, 2.24) is 34.4 Å². The number of amides is 1. The maximum atomic E-state index is 14.1. The maximum absolute atomic E-state index is 14.1. The molecule has 0 aliphatic carbocycles. The van der Waals surface area contributed by atoms with Gasteiger partial charge in [0, 0.05) is 32.1 Å². The van der Waals surface area contributed by atoms with Gasteiger partial charge in [-0.1, -0.05) is 42.8 Å². The van der Waals surface area contributed by atoms with Crippen LogP contribution in [0.25, 0.3) is 16.6 Å². The highest BCUT2D eigenvalue weighted by molar-refractivity contribution is 6.03. The molecular weight excluding hydrogens is 518 g/mol. The van der Waals surface area contributed by atoms with Gasteiger partial charge in [0.2, 0.25) is 0 Å². The number of nitrogens with two attached hydrogens (primary N) is 1. The number of rotatable bonds is 6. The Hall–Kier alpha value is -5.76. The Labute approximate surface area is 235 Å². The monoisotopic (exact) mass is 545 g/mol. The molecule has 3 N–H and O–H groups in total. The van der Waals surface area contributed by atoms with Gasteiger partial charge in [-0.05, 0) is 43.2 Å². The Morgan fingerprint density at radius 3 is 2.59 bits per heavy atom. The third-order valence-electron chi connectivity index (χ3n) is 6.28. The number of anilines is 1. The second-order valence-corrected chi connectivity index (χ2v) is 9.19. The number of aliphatic imine (C=N–C) groups is 1. The highest BCUT2D eigenvalue weighted by atomic mass is 16.2. The molecule has 0 bridgehead atoms. The van der Waals surface area contributed by atoms with E-state index < -0.39 is 11.9 Å². The van der Waals surface area contributed by atoms with E-state index >= 15 is 0 Å². The van der Waals surface area contributed by atoms with Crippen molar-refractivity contribution in [2.24, 2.45) is 19.1 Å². The molecule has 1 unspecified atom stereocenters. The Kier molecular flexibility index (Phi) is 7.30. The summed E-state index contributed by atoms with van der Waals surface area (Å²) in [4.78, 5) is 36.7. The zero-order valence-corrected chi connectivity index (χ0v) is 22.7. The lowest BCUT2D eigenvalue weighted by Gasteiger charge is -2.20. The minimum atomic E-state index is -0.709. The molecule has 0 spiro atoms. The van der Waals surface area contributed by atoms with Gasteiger partial charge < -0.3 is 11.1 Å². The Morgan fingerprint density at radius 1 is 1.10 bits per heavy atom. The quantitative estimate of drug-likeness (QED) is 0.248. The number of aromatic nitrogens is 6. The lowest BCUT2D eigenvalue weighted by Crippen LogP contribution is -2.33. The molecule has 0 aliphatic rings. The highest BCUT2D eigenvalue weighted by Gasteiger charge is 2.25. The van der Waals surface area contributed by atoms with Gasteiger partial charge in [-0.2, -0.15) is 10.2 Å². The van der Waals surface area contributed by atoms with E-state index in [4.69, 9.17) is 10.7 Å². The minimum Gasteiger partial charge on any atom is -0.381 e. The molecule has 5 rings (SSSR count). The number of hydrogen-bond acceptors (Lipinski definition) is 7. The molecule has 1 atom stereocenters. The van der Waals surface area contributed by atoms with Gasteiger partial charge in [-0.25, -0.2) is 14.7 Å². The summed E-state index contributed by atoms with van der Waals surface area (Å²) in [5.74, 6) is 6.21. The second-order valence-electron chi connectivity index (χ2n) is 9.19. The SMILES string of the molecule is C=C/C=N\c1c(C(=O)NC(C)c2nc3cccc(C#Cc4ccn(C)n4)c3c(=O)n2-c2ccccc2)c(N)nn1C. The largest absolute Gasteiger partial charge is 0.381 e. The van der Waals surface area contributed by atoms with Crippen molar-refractivity contribution >= 4 is 34.7 Å². The van der Waals surface area contributed by atoms with Gasteiger partial charge >= 0.3 is 0 Å². The van der Waals surface area contributed by atoms with Gasteiger partial charge in [0.05, 0.1) is 22.6 Å². The summed E-state index contributed by atoms with van der Waals surface area (Å²) in [5.41, 5.74) is 7.99. The van der Waals surface area contributed by atoms with E-state index in [0.717, 1.165) is 0 Å². The van der Waals surface area contributed by atoms with E-state index in [2.05, 4.69) is 38.9 Å². The molecule has 204 valence electrons. The van der Waals surface area contributed by atoms with Crippen LogP contribution in [0, 0.1) is 11.8 Å². The van der Waals surface area contributed by atoms with Gasteiger partial charge in [0.1, 0.15) is 17.1 Å². The fraction of sp³-hybridized carbons (Fsp3) is 0.133. The molecule has 3 heterocycles. The number of aryl methyl sites for hydroxylation is 2. The summed E-state index contributed by atoms with van der Waals surface area (Å²) in [5, 5.41) is 11.7. The summed E-state index contributed by atoms with van der Waals surface area (Å²) in [6.07, 6.45) is 4.73. The molecule has 5 aromatic rings. The fourth-order valence-electron chi connectivity index (χ4n) is 4.44. The fourth-order valence-corrected chi connectivity index (χ4v) is 4.44. The summed E-state index contributed by atoms with van der Waals surface area (Å²) < 4.78 is 4.56. The number of fused-ring (bicyclic) bond motifs is 1. The number of allylic oxidation sites excluding steroid dienone is 1. The Bertz CT molecular complexity index is 1940. The maximum Gasteiger partial charge on any atom is 0.267 e. The van der Waals surface area contributed by atoms with Gasteiger partial charge in [-0.15, -0.1) is 0 Å². The first-order valence-electron chi connectivity index (χ1n) is 12.7. The van der Waals surface area contributed by atoms with E-state index in [-0.39, 0.29) is 22.8 Å².